The molecule has 0 saturated carbocycles. The lowest BCUT2D eigenvalue weighted by Crippen LogP contribution is -2.22. The quantitative estimate of drug-likeness (QED) is 0.940. The van der Waals surface area contributed by atoms with Crippen LogP contribution in [-0.4, -0.2) is 27.2 Å². The number of hydrogen-bond acceptors (Lipinski definition) is 5. The molecule has 2 aromatic rings. The lowest BCUT2D eigenvalue weighted by Gasteiger charge is -2.24. The normalized spacial score (nSPS) is 16.7. The maximum absolute atomic E-state index is 11.9. The minimum Gasteiger partial charge on any atom is -0.493 e. The van der Waals surface area contributed by atoms with Crippen LogP contribution in [0.2, 0.25) is 0 Å². The Morgan fingerprint density at radius 2 is 1.82 bits per heavy atom. The van der Waals surface area contributed by atoms with Gasteiger partial charge in [0.25, 0.3) is 0 Å². The van der Waals surface area contributed by atoms with Crippen LogP contribution in [-0.2, 0) is 4.79 Å². The number of fused-ring (bicyclic) bond motifs is 1. The molecule has 6 heteroatoms. The van der Waals surface area contributed by atoms with Gasteiger partial charge in [0.15, 0.2) is 11.5 Å². The number of carbonyl (C=O) groups is 1. The van der Waals surface area contributed by atoms with Crippen molar-refractivity contribution >= 4 is 22.9 Å². The van der Waals surface area contributed by atoms with Crippen LogP contribution < -0.4 is 19.5 Å². The van der Waals surface area contributed by atoms with Crippen LogP contribution in [0.15, 0.2) is 23.6 Å². The average molecular weight is 319 g/mol. The molecule has 5 nitrogen and oxygen atoms in total. The van der Waals surface area contributed by atoms with Gasteiger partial charge in [-0.25, -0.2) is 0 Å². The second kappa shape index (κ2) is 5.88. The van der Waals surface area contributed by atoms with E-state index in [-0.39, 0.29) is 11.8 Å². The third-order valence-corrected chi connectivity index (χ3v) is 4.80. The molecule has 0 spiro atoms. The van der Waals surface area contributed by atoms with E-state index in [1.54, 1.807) is 32.7 Å². The Labute approximate surface area is 132 Å². The van der Waals surface area contributed by atoms with Gasteiger partial charge in [0.2, 0.25) is 11.7 Å². The Kier molecular flexibility index (Phi) is 3.94. The number of methoxy groups -OCH3 is 3. The lowest BCUT2D eigenvalue weighted by atomic mass is 9.90. The highest BCUT2D eigenvalue weighted by Crippen LogP contribution is 2.45. The molecule has 1 atom stereocenters. The van der Waals surface area contributed by atoms with Crippen molar-refractivity contribution in [3.05, 3.63) is 34.0 Å². The van der Waals surface area contributed by atoms with E-state index in [4.69, 9.17) is 14.2 Å². The van der Waals surface area contributed by atoms with Gasteiger partial charge in [-0.2, -0.15) is 0 Å². The number of nitrogens with one attached hydrogen (secondary N) is 1. The highest BCUT2D eigenvalue weighted by atomic mass is 32.1. The van der Waals surface area contributed by atoms with Gasteiger partial charge in [-0.05, 0) is 29.1 Å². The van der Waals surface area contributed by atoms with E-state index in [1.807, 2.05) is 23.6 Å². The van der Waals surface area contributed by atoms with Gasteiger partial charge in [-0.15, -0.1) is 11.3 Å². The fraction of sp³-hybridized carbons (Fsp3) is 0.312. The molecule has 0 bridgehead atoms. The number of carbonyl (C=O) groups excluding carboxylic acids is 1. The van der Waals surface area contributed by atoms with Crippen molar-refractivity contribution in [3.63, 3.8) is 0 Å². The summed E-state index contributed by atoms with van der Waals surface area (Å²) in [6.07, 6.45) is 0.409. The molecule has 116 valence electrons. The fourth-order valence-corrected chi connectivity index (χ4v) is 3.73. The van der Waals surface area contributed by atoms with Crippen LogP contribution in [0.1, 0.15) is 22.8 Å². The SMILES string of the molecule is COc1cc([C@H]2CC(=O)Nc3ccsc32)cc(OC)c1OC. The van der Waals surface area contributed by atoms with Gasteiger partial charge in [0, 0.05) is 17.2 Å². The Balaban J connectivity index is 2.11. The summed E-state index contributed by atoms with van der Waals surface area (Å²) in [5, 5.41) is 4.89. The molecule has 1 aliphatic rings. The second-order valence-electron chi connectivity index (χ2n) is 4.96. The van der Waals surface area contributed by atoms with Crippen LogP contribution >= 0.6 is 11.3 Å². The number of amides is 1. The molecule has 0 unspecified atom stereocenters. The lowest BCUT2D eigenvalue weighted by molar-refractivity contribution is -0.116. The maximum Gasteiger partial charge on any atom is 0.225 e. The van der Waals surface area contributed by atoms with E-state index < -0.39 is 0 Å². The molecular weight excluding hydrogens is 302 g/mol. The summed E-state index contributed by atoms with van der Waals surface area (Å²) in [6, 6.07) is 5.75. The first-order valence-electron chi connectivity index (χ1n) is 6.85. The summed E-state index contributed by atoms with van der Waals surface area (Å²) in [5.41, 5.74) is 1.87. The van der Waals surface area contributed by atoms with E-state index >= 15 is 0 Å². The van der Waals surface area contributed by atoms with Crippen molar-refractivity contribution in [2.45, 2.75) is 12.3 Å². The minimum atomic E-state index is -0.00236. The van der Waals surface area contributed by atoms with Gasteiger partial charge in [-0.3, -0.25) is 4.79 Å². The van der Waals surface area contributed by atoms with E-state index in [9.17, 15) is 4.79 Å². The van der Waals surface area contributed by atoms with Crippen LogP contribution in [0.5, 0.6) is 17.2 Å². The summed E-state index contributed by atoms with van der Waals surface area (Å²) in [7, 11) is 4.75. The summed E-state index contributed by atoms with van der Waals surface area (Å²) in [6.45, 7) is 0. The summed E-state index contributed by atoms with van der Waals surface area (Å²) in [4.78, 5) is 13.1. The summed E-state index contributed by atoms with van der Waals surface area (Å²) >= 11 is 1.64. The average Bonchev–Trinajstić information content (AvgIpc) is 3.00. The Bertz CT molecular complexity index is 685. The van der Waals surface area contributed by atoms with E-state index in [1.165, 1.54) is 0 Å². The van der Waals surface area contributed by atoms with Gasteiger partial charge < -0.3 is 19.5 Å². The van der Waals surface area contributed by atoms with Gasteiger partial charge in [-0.1, -0.05) is 0 Å². The Morgan fingerprint density at radius 1 is 1.14 bits per heavy atom. The molecule has 1 amide bonds. The molecule has 0 aliphatic carbocycles. The van der Waals surface area contributed by atoms with Crippen molar-refractivity contribution in [2.24, 2.45) is 0 Å². The fourth-order valence-electron chi connectivity index (χ4n) is 2.75. The van der Waals surface area contributed by atoms with Crippen molar-refractivity contribution < 1.29 is 19.0 Å². The minimum absolute atomic E-state index is 0.00236. The zero-order chi connectivity index (χ0) is 15.7. The van der Waals surface area contributed by atoms with Crippen LogP contribution in [0.4, 0.5) is 5.69 Å². The van der Waals surface area contributed by atoms with E-state index in [0.29, 0.717) is 23.7 Å². The molecule has 1 aromatic heterocycles. The van der Waals surface area contributed by atoms with Gasteiger partial charge >= 0.3 is 0 Å². The third kappa shape index (κ3) is 2.39. The predicted molar refractivity (Wildman–Crippen MR) is 85.5 cm³/mol. The molecule has 0 fully saturated rings. The van der Waals surface area contributed by atoms with E-state index in [2.05, 4.69) is 5.32 Å². The number of rotatable bonds is 4. The highest BCUT2D eigenvalue weighted by Gasteiger charge is 2.29. The molecule has 0 radical (unpaired) electrons. The van der Waals surface area contributed by atoms with E-state index in [0.717, 1.165) is 16.1 Å². The van der Waals surface area contributed by atoms with Crippen molar-refractivity contribution in [2.75, 3.05) is 26.6 Å². The second-order valence-corrected chi connectivity index (χ2v) is 5.91. The molecule has 2 heterocycles. The number of hydrogen-bond donors (Lipinski definition) is 1. The number of thiophene rings is 1. The Morgan fingerprint density at radius 3 is 2.41 bits per heavy atom. The number of ether oxygens (including phenoxy) is 3. The molecule has 22 heavy (non-hydrogen) atoms. The first-order valence-corrected chi connectivity index (χ1v) is 7.73. The standard InChI is InChI=1S/C16H17NO4S/c1-19-12-6-9(7-13(20-2)15(12)21-3)10-8-14(18)17-11-4-5-22-16(10)11/h4-7,10H,8H2,1-3H3,(H,17,18)/t10-/m1/s1. The van der Waals surface area contributed by atoms with Crippen molar-refractivity contribution in [1.29, 1.82) is 0 Å². The molecular formula is C16H17NO4S. The monoisotopic (exact) mass is 319 g/mol. The topological polar surface area (TPSA) is 56.8 Å². The van der Waals surface area contributed by atoms with Crippen LogP contribution in [0.25, 0.3) is 0 Å². The maximum atomic E-state index is 11.9. The largest absolute Gasteiger partial charge is 0.493 e. The molecule has 1 aliphatic heterocycles. The van der Waals surface area contributed by atoms with Crippen LogP contribution in [0.3, 0.4) is 0 Å². The van der Waals surface area contributed by atoms with Crippen molar-refractivity contribution in [1.82, 2.24) is 0 Å². The predicted octanol–water partition coefficient (Wildman–Crippen LogP) is 3.25. The van der Waals surface area contributed by atoms with Crippen LogP contribution in [0, 0.1) is 0 Å². The summed E-state index contributed by atoms with van der Waals surface area (Å²) in [5.74, 6) is 1.77. The molecule has 0 saturated heterocycles. The first-order chi connectivity index (χ1) is 10.7. The Hall–Kier alpha value is -2.21. The zero-order valence-electron chi connectivity index (χ0n) is 12.6. The number of benzene rings is 1. The smallest absolute Gasteiger partial charge is 0.225 e. The van der Waals surface area contributed by atoms with Gasteiger partial charge in [0.05, 0.1) is 27.0 Å². The first kappa shape index (κ1) is 14.7. The molecule has 3 rings (SSSR count). The third-order valence-electron chi connectivity index (χ3n) is 3.76. The molecule has 1 N–H and O–H groups in total. The van der Waals surface area contributed by atoms with Gasteiger partial charge in [0.1, 0.15) is 0 Å². The highest BCUT2D eigenvalue weighted by molar-refractivity contribution is 7.10. The molecule has 1 aromatic carbocycles. The zero-order valence-corrected chi connectivity index (χ0v) is 13.5. The number of anilines is 1. The van der Waals surface area contributed by atoms with Crippen molar-refractivity contribution in [3.8, 4) is 17.2 Å². The summed E-state index contributed by atoms with van der Waals surface area (Å²) < 4.78 is 16.2.